The lowest BCUT2D eigenvalue weighted by Gasteiger charge is -2.23. The first-order valence-electron chi connectivity index (χ1n) is 9.32. The molecule has 29 heavy (non-hydrogen) atoms. The quantitative estimate of drug-likeness (QED) is 0.669. The van der Waals surface area contributed by atoms with Gasteiger partial charge >= 0.3 is 5.97 Å². The molecule has 0 saturated carbocycles. The molecule has 7 heteroatoms. The minimum atomic E-state index is -1.03. The van der Waals surface area contributed by atoms with E-state index in [2.05, 4.69) is 10.6 Å². The van der Waals surface area contributed by atoms with Crippen molar-refractivity contribution in [3.8, 4) is 0 Å². The third-order valence-electron chi connectivity index (χ3n) is 4.37. The first-order chi connectivity index (χ1) is 13.7. The minimum Gasteiger partial charge on any atom is -0.451 e. The van der Waals surface area contributed by atoms with E-state index < -0.39 is 24.0 Å². The van der Waals surface area contributed by atoms with Crippen LogP contribution >= 0.6 is 11.6 Å². The first-order valence-corrected chi connectivity index (χ1v) is 9.70. The molecule has 0 heterocycles. The molecule has 0 aromatic heterocycles. The molecule has 2 aromatic carbocycles. The molecule has 0 fully saturated rings. The number of ether oxygens (including phenoxy) is 1. The average molecular weight is 417 g/mol. The van der Waals surface area contributed by atoms with E-state index in [1.54, 1.807) is 50.2 Å². The standard InChI is InChI=1S/C22H25ClN2O4/c1-13(2)19(25-21(27)18-8-6-5-7-14(18)3)22(28)29-15(4)20(26)24-17-11-9-16(23)10-12-17/h5-13,15,19H,1-4H3,(H,24,26)(H,25,27)/t15-,19+/m1/s1. The van der Waals surface area contributed by atoms with Crippen LogP contribution in [0.4, 0.5) is 5.69 Å². The van der Waals surface area contributed by atoms with E-state index >= 15 is 0 Å². The van der Waals surface area contributed by atoms with Crippen molar-refractivity contribution in [2.24, 2.45) is 5.92 Å². The van der Waals surface area contributed by atoms with Gasteiger partial charge in [0.05, 0.1) is 0 Å². The molecule has 2 N–H and O–H groups in total. The maximum Gasteiger partial charge on any atom is 0.329 e. The molecule has 6 nitrogen and oxygen atoms in total. The minimum absolute atomic E-state index is 0.220. The summed E-state index contributed by atoms with van der Waals surface area (Å²) in [5.41, 5.74) is 1.83. The van der Waals surface area contributed by atoms with Crippen molar-refractivity contribution in [2.45, 2.75) is 39.8 Å². The van der Waals surface area contributed by atoms with Crippen LogP contribution in [0.5, 0.6) is 0 Å². The monoisotopic (exact) mass is 416 g/mol. The van der Waals surface area contributed by atoms with Gasteiger partial charge in [-0.05, 0) is 55.7 Å². The van der Waals surface area contributed by atoms with Gasteiger partial charge < -0.3 is 15.4 Å². The fraction of sp³-hybridized carbons (Fsp3) is 0.318. The Bertz CT molecular complexity index is 881. The highest BCUT2D eigenvalue weighted by atomic mass is 35.5. The van der Waals surface area contributed by atoms with Crippen LogP contribution in [0.2, 0.25) is 5.02 Å². The number of carbonyl (C=O) groups excluding carboxylic acids is 3. The second kappa shape index (κ2) is 10.1. The Morgan fingerprint density at radius 1 is 0.966 bits per heavy atom. The number of carbonyl (C=O) groups is 3. The highest BCUT2D eigenvalue weighted by Crippen LogP contribution is 2.15. The van der Waals surface area contributed by atoms with Crippen molar-refractivity contribution >= 4 is 35.1 Å². The van der Waals surface area contributed by atoms with Gasteiger partial charge in [0.1, 0.15) is 6.04 Å². The summed E-state index contributed by atoms with van der Waals surface area (Å²) >= 11 is 5.82. The highest BCUT2D eigenvalue weighted by Gasteiger charge is 2.29. The van der Waals surface area contributed by atoms with Crippen molar-refractivity contribution in [1.82, 2.24) is 5.32 Å². The Morgan fingerprint density at radius 3 is 2.17 bits per heavy atom. The van der Waals surface area contributed by atoms with Crippen LogP contribution in [0.3, 0.4) is 0 Å². The topological polar surface area (TPSA) is 84.5 Å². The van der Waals surface area contributed by atoms with Gasteiger partial charge in [0.2, 0.25) is 0 Å². The summed E-state index contributed by atoms with van der Waals surface area (Å²) in [6, 6.07) is 12.8. The van der Waals surface area contributed by atoms with Gasteiger partial charge in [-0.1, -0.05) is 43.6 Å². The second-order valence-corrected chi connectivity index (χ2v) is 7.52. The van der Waals surface area contributed by atoms with Crippen LogP contribution in [-0.2, 0) is 14.3 Å². The van der Waals surface area contributed by atoms with Gasteiger partial charge in [-0.3, -0.25) is 9.59 Å². The molecule has 0 spiro atoms. The van der Waals surface area contributed by atoms with Crippen molar-refractivity contribution in [2.75, 3.05) is 5.32 Å². The Kier molecular flexibility index (Phi) is 7.79. The lowest BCUT2D eigenvalue weighted by molar-refractivity contribution is -0.156. The van der Waals surface area contributed by atoms with Crippen LogP contribution in [0, 0.1) is 12.8 Å². The fourth-order valence-corrected chi connectivity index (χ4v) is 2.75. The van der Waals surface area contributed by atoms with E-state index in [1.807, 2.05) is 19.1 Å². The largest absolute Gasteiger partial charge is 0.451 e. The molecule has 0 saturated heterocycles. The number of hydrogen-bond acceptors (Lipinski definition) is 4. The summed E-state index contributed by atoms with van der Waals surface area (Å²) in [5.74, 6) is -1.73. The summed E-state index contributed by atoms with van der Waals surface area (Å²) < 4.78 is 5.31. The van der Waals surface area contributed by atoms with E-state index in [-0.39, 0.29) is 11.8 Å². The molecular formula is C22H25ClN2O4. The summed E-state index contributed by atoms with van der Waals surface area (Å²) in [6.45, 7) is 6.88. The molecule has 0 unspecified atom stereocenters. The van der Waals surface area contributed by atoms with Crippen LogP contribution in [-0.4, -0.2) is 29.9 Å². The van der Waals surface area contributed by atoms with E-state index in [0.29, 0.717) is 16.3 Å². The van der Waals surface area contributed by atoms with Crippen LogP contribution in [0.15, 0.2) is 48.5 Å². The predicted octanol–water partition coefficient (Wildman–Crippen LogP) is 3.97. The second-order valence-electron chi connectivity index (χ2n) is 7.09. The molecule has 0 bridgehead atoms. The maximum atomic E-state index is 12.6. The number of anilines is 1. The number of esters is 1. The lowest BCUT2D eigenvalue weighted by atomic mass is 10.0. The molecule has 154 valence electrons. The normalized spacial score (nSPS) is 12.8. The zero-order valence-corrected chi connectivity index (χ0v) is 17.6. The number of amides is 2. The molecule has 2 atom stereocenters. The molecule has 2 amide bonds. The fourth-order valence-electron chi connectivity index (χ4n) is 2.62. The number of hydrogen-bond donors (Lipinski definition) is 2. The van der Waals surface area contributed by atoms with Gasteiger partial charge in [0, 0.05) is 16.3 Å². The first kappa shape index (κ1) is 22.4. The number of halogens is 1. The van der Waals surface area contributed by atoms with Gasteiger partial charge in [-0.25, -0.2) is 4.79 Å². The summed E-state index contributed by atoms with van der Waals surface area (Å²) in [7, 11) is 0. The molecule has 0 radical (unpaired) electrons. The Balaban J connectivity index is 2.01. The summed E-state index contributed by atoms with van der Waals surface area (Å²) in [6.07, 6.45) is -1.03. The predicted molar refractivity (Wildman–Crippen MR) is 113 cm³/mol. The van der Waals surface area contributed by atoms with Crippen molar-refractivity contribution in [3.05, 3.63) is 64.7 Å². The molecular weight excluding hydrogens is 392 g/mol. The van der Waals surface area contributed by atoms with Crippen molar-refractivity contribution in [3.63, 3.8) is 0 Å². The van der Waals surface area contributed by atoms with Gasteiger partial charge in [-0.2, -0.15) is 0 Å². The van der Waals surface area contributed by atoms with Gasteiger partial charge in [0.25, 0.3) is 11.8 Å². The Labute approximate surface area is 175 Å². The van der Waals surface area contributed by atoms with Crippen LogP contribution in [0.1, 0.15) is 36.7 Å². The molecule has 2 aromatic rings. The number of benzene rings is 2. The smallest absolute Gasteiger partial charge is 0.329 e. The maximum absolute atomic E-state index is 12.6. The lowest BCUT2D eigenvalue weighted by Crippen LogP contribution is -2.47. The van der Waals surface area contributed by atoms with E-state index in [4.69, 9.17) is 16.3 Å². The number of rotatable bonds is 7. The van der Waals surface area contributed by atoms with Gasteiger partial charge in [-0.15, -0.1) is 0 Å². The third-order valence-corrected chi connectivity index (χ3v) is 4.62. The molecule has 0 aliphatic rings. The Morgan fingerprint density at radius 2 is 1.59 bits per heavy atom. The summed E-state index contributed by atoms with van der Waals surface area (Å²) in [5, 5.41) is 5.92. The van der Waals surface area contributed by atoms with E-state index in [9.17, 15) is 14.4 Å². The molecule has 0 aliphatic heterocycles. The van der Waals surface area contributed by atoms with Gasteiger partial charge in [0.15, 0.2) is 6.10 Å². The zero-order valence-electron chi connectivity index (χ0n) is 16.9. The number of nitrogens with one attached hydrogen (secondary N) is 2. The molecule has 2 rings (SSSR count). The average Bonchev–Trinajstić information content (AvgIpc) is 2.67. The van der Waals surface area contributed by atoms with Crippen LogP contribution < -0.4 is 10.6 Å². The molecule has 0 aliphatic carbocycles. The van der Waals surface area contributed by atoms with Crippen molar-refractivity contribution < 1.29 is 19.1 Å². The van der Waals surface area contributed by atoms with E-state index in [0.717, 1.165) is 5.56 Å². The van der Waals surface area contributed by atoms with Crippen LogP contribution in [0.25, 0.3) is 0 Å². The summed E-state index contributed by atoms with van der Waals surface area (Å²) in [4.78, 5) is 37.5. The van der Waals surface area contributed by atoms with Crippen molar-refractivity contribution in [1.29, 1.82) is 0 Å². The Hall–Kier alpha value is -2.86. The van der Waals surface area contributed by atoms with E-state index in [1.165, 1.54) is 6.92 Å². The highest BCUT2D eigenvalue weighted by molar-refractivity contribution is 6.30. The third kappa shape index (κ3) is 6.32. The SMILES string of the molecule is Cc1ccccc1C(=O)N[C@H](C(=O)O[C@H](C)C(=O)Nc1ccc(Cl)cc1)C(C)C. The zero-order chi connectivity index (χ0) is 21.6. The number of aryl methyl sites for hydroxylation is 1.